The number of alkyl halides is 3. The Kier molecular flexibility index (Phi) is 11.7. The molecule has 2 aromatic rings. The summed E-state index contributed by atoms with van der Waals surface area (Å²) >= 11 is 0. The maximum Gasteiger partial charge on any atom is 0.390 e. The molecule has 2 aromatic carbocycles. The monoisotopic (exact) mass is 640 g/mol. The topological polar surface area (TPSA) is 120 Å². The Bertz CT molecular complexity index is 1350. The molecule has 1 aliphatic carbocycles. The average molecular weight is 641 g/mol. The van der Waals surface area contributed by atoms with Crippen LogP contribution in [0.2, 0.25) is 0 Å². The van der Waals surface area contributed by atoms with Crippen molar-refractivity contribution in [3.05, 3.63) is 65.2 Å². The average Bonchev–Trinajstić information content (AvgIpc) is 3.34. The third kappa shape index (κ3) is 9.16. The van der Waals surface area contributed by atoms with Gasteiger partial charge >= 0.3 is 6.18 Å². The number of aliphatic hydroxyl groups excluding tert-OH is 1. The summed E-state index contributed by atoms with van der Waals surface area (Å²) in [6, 6.07) is 13.3. The lowest BCUT2D eigenvalue weighted by atomic mass is 9.99. The Morgan fingerprint density at radius 3 is 2.45 bits per heavy atom. The van der Waals surface area contributed by atoms with E-state index in [1.165, 1.54) is 0 Å². The normalized spacial score (nSPS) is 25.8. The van der Waals surface area contributed by atoms with Gasteiger partial charge in [-0.1, -0.05) is 49.2 Å². The number of sulfonamides is 1. The van der Waals surface area contributed by atoms with Crippen molar-refractivity contribution in [3.8, 4) is 5.75 Å². The lowest BCUT2D eigenvalue weighted by molar-refractivity contribution is -0.130. The van der Waals surface area contributed by atoms with Gasteiger partial charge in [-0.2, -0.15) is 17.5 Å². The van der Waals surface area contributed by atoms with Gasteiger partial charge in [-0.05, 0) is 61.1 Å². The van der Waals surface area contributed by atoms with E-state index in [2.05, 4.69) is 22.0 Å². The van der Waals surface area contributed by atoms with E-state index in [0.717, 1.165) is 46.6 Å². The van der Waals surface area contributed by atoms with Crippen LogP contribution in [0.5, 0.6) is 5.75 Å². The number of β-amino-alcohol motifs (C(OH)–C–C–N with tert-alkyl or cyclic N) is 1. The summed E-state index contributed by atoms with van der Waals surface area (Å²) in [5.74, 6) is -1.06. The molecular weight excluding hydrogens is 597 g/mol. The highest BCUT2D eigenvalue weighted by atomic mass is 32.2. The van der Waals surface area contributed by atoms with Crippen molar-refractivity contribution in [2.45, 2.75) is 81.4 Å². The molecule has 4 rings (SSSR count). The van der Waals surface area contributed by atoms with Gasteiger partial charge in [0.05, 0.1) is 31.4 Å². The van der Waals surface area contributed by atoms with Crippen LogP contribution in [0.25, 0.3) is 0 Å². The van der Waals surface area contributed by atoms with Crippen LogP contribution in [0.4, 0.5) is 13.2 Å². The summed E-state index contributed by atoms with van der Waals surface area (Å²) in [5.41, 5.74) is 3.09. The van der Waals surface area contributed by atoms with E-state index in [9.17, 15) is 31.5 Å². The molecule has 1 heterocycles. The van der Waals surface area contributed by atoms with Gasteiger partial charge < -0.3 is 25.8 Å². The molecule has 9 nitrogen and oxygen atoms in total. The fraction of sp³-hybridized carbons (Fsp3) is 0.581. The molecule has 1 aliphatic heterocycles. The van der Waals surface area contributed by atoms with Crippen LogP contribution in [0, 0.1) is 0 Å². The molecule has 13 heteroatoms. The number of carbonyl (C=O) groups excluding carboxylic acids is 1. The van der Waals surface area contributed by atoms with Crippen molar-refractivity contribution in [1.82, 2.24) is 20.3 Å². The zero-order valence-corrected chi connectivity index (χ0v) is 26.0. The number of rotatable bonds is 7. The number of nitrogens with one attached hydrogen (secondary N) is 3. The number of hydrogen-bond donors (Lipinski definition) is 4. The van der Waals surface area contributed by atoms with Crippen LogP contribution in [0.3, 0.4) is 0 Å². The quantitative estimate of drug-likeness (QED) is 0.365. The molecule has 2 aliphatic rings. The predicted molar refractivity (Wildman–Crippen MR) is 162 cm³/mol. The molecule has 44 heavy (non-hydrogen) atoms. The van der Waals surface area contributed by atoms with E-state index in [0.29, 0.717) is 19.4 Å². The number of benzene rings is 2. The van der Waals surface area contributed by atoms with Crippen LogP contribution in [-0.2, 0) is 21.2 Å². The smallest absolute Gasteiger partial charge is 0.390 e. The Morgan fingerprint density at radius 2 is 1.75 bits per heavy atom. The van der Waals surface area contributed by atoms with Crippen molar-refractivity contribution < 1.29 is 36.2 Å². The molecule has 2 bridgehead atoms. The maximum absolute atomic E-state index is 13.7. The number of fused-ring (bicyclic) bond motifs is 5. The first-order valence-corrected chi connectivity index (χ1v) is 16.7. The number of nitrogens with zero attached hydrogens (tertiary/aromatic N) is 1. The van der Waals surface area contributed by atoms with Gasteiger partial charge in [0.15, 0.2) is 0 Å². The molecule has 4 N–H and O–H groups in total. The van der Waals surface area contributed by atoms with E-state index in [-0.39, 0.29) is 31.5 Å². The fourth-order valence-corrected chi connectivity index (χ4v) is 7.35. The molecule has 0 saturated carbocycles. The summed E-state index contributed by atoms with van der Waals surface area (Å²) in [6.07, 6.45) is -4.08. The third-order valence-corrected chi connectivity index (χ3v) is 10.4. The Labute approximate surface area is 257 Å². The summed E-state index contributed by atoms with van der Waals surface area (Å²) in [6.45, 7) is 0.831. The first kappa shape index (κ1) is 34.2. The zero-order valence-electron chi connectivity index (χ0n) is 25.1. The van der Waals surface area contributed by atoms with Crippen molar-refractivity contribution in [3.63, 3.8) is 0 Å². The van der Waals surface area contributed by atoms with Crippen LogP contribution in [0.15, 0.2) is 48.5 Å². The van der Waals surface area contributed by atoms with Crippen molar-refractivity contribution in [2.24, 2.45) is 0 Å². The molecule has 1 unspecified atom stereocenters. The minimum absolute atomic E-state index is 0.0779. The molecule has 244 valence electrons. The van der Waals surface area contributed by atoms with E-state index in [1.807, 2.05) is 42.5 Å². The number of carbonyl (C=O) groups is 1. The summed E-state index contributed by atoms with van der Waals surface area (Å²) in [4.78, 5) is 13.7. The number of hydrogen-bond acceptors (Lipinski definition) is 7. The van der Waals surface area contributed by atoms with Crippen molar-refractivity contribution >= 4 is 15.9 Å². The van der Waals surface area contributed by atoms with Gasteiger partial charge in [-0.15, -0.1) is 0 Å². The minimum Gasteiger partial charge on any atom is -0.497 e. The maximum atomic E-state index is 13.7. The van der Waals surface area contributed by atoms with Gasteiger partial charge in [0.2, 0.25) is 15.9 Å². The van der Waals surface area contributed by atoms with Crippen LogP contribution in [-0.4, -0.2) is 81.1 Å². The Hall–Kier alpha value is -2.71. The number of amides is 1. The van der Waals surface area contributed by atoms with E-state index >= 15 is 0 Å². The molecular formula is C31H43F3N4O5S. The molecule has 0 aromatic heterocycles. The SMILES string of the molecule is COc1ccc2c(c1)[C@@H]1CC2NCCCCC[C@H](N(C)S(=O)(=O)CCC(F)(F)F)C(=O)N[C@@H](Cc2ccccc2)[C@H](O)CN1. The van der Waals surface area contributed by atoms with E-state index in [4.69, 9.17) is 4.74 Å². The molecule has 1 saturated heterocycles. The van der Waals surface area contributed by atoms with Crippen LogP contribution < -0.4 is 20.7 Å². The summed E-state index contributed by atoms with van der Waals surface area (Å²) in [5, 5.41) is 21.3. The number of aliphatic hydroxyl groups is 1. The second-order valence-corrected chi connectivity index (χ2v) is 13.8. The first-order valence-electron chi connectivity index (χ1n) is 15.1. The number of halogens is 3. The lowest BCUT2D eigenvalue weighted by Gasteiger charge is -2.31. The lowest BCUT2D eigenvalue weighted by Crippen LogP contribution is -2.55. The predicted octanol–water partition coefficient (Wildman–Crippen LogP) is 3.61. The van der Waals surface area contributed by atoms with Crippen LogP contribution in [0.1, 0.15) is 67.3 Å². The fourth-order valence-electron chi connectivity index (χ4n) is 5.99. The number of ether oxygens (including phenoxy) is 1. The van der Waals surface area contributed by atoms with E-state index in [1.54, 1.807) is 7.11 Å². The number of likely N-dealkylation sites (N-methyl/N-ethyl adjacent to an activating group) is 1. The molecule has 1 amide bonds. The van der Waals surface area contributed by atoms with Crippen molar-refractivity contribution in [2.75, 3.05) is 33.0 Å². The second kappa shape index (κ2) is 15.0. The molecule has 0 radical (unpaired) electrons. The number of methoxy groups -OCH3 is 1. The Balaban J connectivity index is 1.59. The largest absolute Gasteiger partial charge is 0.497 e. The molecule has 5 atom stereocenters. The van der Waals surface area contributed by atoms with Gasteiger partial charge in [0.25, 0.3) is 0 Å². The third-order valence-electron chi connectivity index (χ3n) is 8.55. The second-order valence-electron chi connectivity index (χ2n) is 11.6. The van der Waals surface area contributed by atoms with Gasteiger partial charge in [-0.3, -0.25) is 4.79 Å². The molecule has 1 fully saturated rings. The van der Waals surface area contributed by atoms with Gasteiger partial charge in [-0.25, -0.2) is 8.42 Å². The standard InChI is InChI=1S/C31H43F3N4O5S/c1-38(44(41,42)16-14-31(32,33)34)28-11-7-4-8-15-35-25-19-26(24-18-22(43-2)12-13-23(24)25)36-20-29(39)27(37-30(28)40)17-21-9-5-3-6-10-21/h3,5-6,9-10,12-13,18,25-29,35-36,39H,4,7-8,11,14-17,19-20H2,1-2H3,(H,37,40)/t25?,26-,27-,28-,29+/m0/s1. The summed E-state index contributed by atoms with van der Waals surface area (Å²) in [7, 11) is -1.62. The first-order chi connectivity index (χ1) is 20.9. The van der Waals surface area contributed by atoms with Gasteiger partial charge in [0, 0.05) is 25.7 Å². The Morgan fingerprint density at radius 1 is 1.02 bits per heavy atom. The van der Waals surface area contributed by atoms with Crippen LogP contribution >= 0.6 is 0 Å². The minimum atomic E-state index is -4.65. The van der Waals surface area contributed by atoms with Gasteiger partial charge in [0.1, 0.15) is 11.8 Å². The molecule has 0 spiro atoms. The van der Waals surface area contributed by atoms with E-state index < -0.39 is 52.5 Å². The highest BCUT2D eigenvalue weighted by Crippen LogP contribution is 2.40. The zero-order chi connectivity index (χ0) is 31.9. The van der Waals surface area contributed by atoms with Crippen molar-refractivity contribution in [1.29, 1.82) is 0 Å². The highest BCUT2D eigenvalue weighted by Gasteiger charge is 2.37. The summed E-state index contributed by atoms with van der Waals surface area (Å²) < 4.78 is 70.7. The highest BCUT2D eigenvalue weighted by molar-refractivity contribution is 7.89.